The van der Waals surface area contributed by atoms with Crippen molar-refractivity contribution in [1.29, 1.82) is 0 Å². The molecule has 4 rings (SSSR count). The second-order valence-electron chi connectivity index (χ2n) is 5.80. The van der Waals surface area contributed by atoms with Gasteiger partial charge in [0.05, 0.1) is 19.3 Å². The first-order valence-electron chi connectivity index (χ1n) is 8.03. The van der Waals surface area contributed by atoms with Gasteiger partial charge in [0, 0.05) is 19.3 Å². The van der Waals surface area contributed by atoms with Crippen molar-refractivity contribution < 1.29 is 13.9 Å². The van der Waals surface area contributed by atoms with Gasteiger partial charge < -0.3 is 19.0 Å². The molecule has 0 saturated heterocycles. The number of nitrogens with one attached hydrogen (secondary N) is 2. The van der Waals surface area contributed by atoms with Gasteiger partial charge in [0.15, 0.2) is 5.58 Å². The summed E-state index contributed by atoms with van der Waals surface area (Å²) in [6.07, 6.45) is 1.92. The first-order chi connectivity index (χ1) is 12.6. The van der Waals surface area contributed by atoms with E-state index in [0.717, 1.165) is 5.69 Å². The van der Waals surface area contributed by atoms with E-state index in [2.05, 4.69) is 20.5 Å². The monoisotopic (exact) mass is 351 g/mol. The van der Waals surface area contributed by atoms with E-state index >= 15 is 0 Å². The maximum absolute atomic E-state index is 12.3. The predicted molar refractivity (Wildman–Crippen MR) is 94.7 cm³/mol. The summed E-state index contributed by atoms with van der Waals surface area (Å²) in [6.45, 7) is 0.175. The maximum atomic E-state index is 12.3. The third-order valence-electron chi connectivity index (χ3n) is 4.07. The van der Waals surface area contributed by atoms with Crippen LogP contribution in [-0.2, 0) is 13.6 Å². The fourth-order valence-electron chi connectivity index (χ4n) is 2.71. The van der Waals surface area contributed by atoms with Crippen LogP contribution in [0.3, 0.4) is 0 Å². The highest BCUT2D eigenvalue weighted by atomic mass is 16.5. The summed E-state index contributed by atoms with van der Waals surface area (Å²) < 4.78 is 12.7. The molecule has 0 unspecified atom stereocenters. The second kappa shape index (κ2) is 6.40. The van der Waals surface area contributed by atoms with Crippen molar-refractivity contribution in [2.24, 2.45) is 7.05 Å². The van der Waals surface area contributed by atoms with Gasteiger partial charge in [0.1, 0.15) is 22.7 Å². The van der Waals surface area contributed by atoms with E-state index in [1.807, 2.05) is 29.9 Å². The zero-order valence-corrected chi connectivity index (χ0v) is 14.3. The van der Waals surface area contributed by atoms with Crippen molar-refractivity contribution in [3.05, 3.63) is 54.2 Å². The third-order valence-corrected chi connectivity index (χ3v) is 4.07. The van der Waals surface area contributed by atoms with E-state index in [0.29, 0.717) is 34.1 Å². The van der Waals surface area contributed by atoms with Crippen molar-refractivity contribution in [2.75, 3.05) is 7.11 Å². The number of oxazole rings is 1. The Labute approximate surface area is 148 Å². The molecule has 0 spiro atoms. The summed E-state index contributed by atoms with van der Waals surface area (Å²) in [5.74, 6) is 0.841. The number of aromatic amines is 1. The number of ether oxygens (including phenoxy) is 1. The topological polar surface area (TPSA) is 98.0 Å². The predicted octanol–water partition coefficient (Wildman–Crippen LogP) is 2.50. The lowest BCUT2D eigenvalue weighted by Gasteiger charge is -1.99. The quantitative estimate of drug-likeness (QED) is 0.576. The van der Waals surface area contributed by atoms with E-state index in [4.69, 9.17) is 9.15 Å². The van der Waals surface area contributed by atoms with Crippen LogP contribution >= 0.6 is 0 Å². The molecule has 0 aliphatic heterocycles. The summed E-state index contributed by atoms with van der Waals surface area (Å²) in [4.78, 5) is 16.7. The average molecular weight is 351 g/mol. The van der Waals surface area contributed by atoms with Crippen molar-refractivity contribution in [1.82, 2.24) is 25.1 Å². The molecule has 8 nitrogen and oxygen atoms in total. The van der Waals surface area contributed by atoms with Crippen LogP contribution in [0.2, 0.25) is 0 Å². The summed E-state index contributed by atoms with van der Waals surface area (Å²) in [5.41, 5.74) is 3.33. The molecule has 2 N–H and O–H groups in total. The summed E-state index contributed by atoms with van der Waals surface area (Å²) >= 11 is 0. The van der Waals surface area contributed by atoms with Gasteiger partial charge in [-0.2, -0.15) is 5.10 Å². The zero-order valence-electron chi connectivity index (χ0n) is 14.3. The molecule has 1 aromatic carbocycles. The van der Waals surface area contributed by atoms with Gasteiger partial charge in [-0.05, 0) is 30.3 Å². The number of rotatable bonds is 5. The number of hydrogen-bond acceptors (Lipinski definition) is 5. The standard InChI is InChI=1S/C18H17N5O3/c1-23-7-3-4-15(23)12-9-14(22-21-12)18(24)19-10-17-20-13-8-11(25-2)5-6-16(13)26-17/h3-9H,10H2,1-2H3,(H,19,24)(H,21,22). The molecule has 0 saturated carbocycles. The highest BCUT2D eigenvalue weighted by Crippen LogP contribution is 2.21. The minimum Gasteiger partial charge on any atom is -0.497 e. The van der Waals surface area contributed by atoms with Gasteiger partial charge in [-0.15, -0.1) is 0 Å². The van der Waals surface area contributed by atoms with Crippen molar-refractivity contribution >= 4 is 17.0 Å². The van der Waals surface area contributed by atoms with Crippen LogP contribution in [0.15, 0.2) is 47.0 Å². The zero-order chi connectivity index (χ0) is 18.1. The van der Waals surface area contributed by atoms with Crippen LogP contribution in [0.5, 0.6) is 5.75 Å². The van der Waals surface area contributed by atoms with Crippen molar-refractivity contribution in [2.45, 2.75) is 6.54 Å². The van der Waals surface area contributed by atoms with Crippen molar-refractivity contribution in [3.63, 3.8) is 0 Å². The van der Waals surface area contributed by atoms with Crippen LogP contribution in [0.4, 0.5) is 0 Å². The Bertz CT molecular complexity index is 1080. The molecule has 0 radical (unpaired) electrons. The summed E-state index contributed by atoms with van der Waals surface area (Å²) in [6, 6.07) is 10.9. The lowest BCUT2D eigenvalue weighted by molar-refractivity contribution is 0.0942. The van der Waals surface area contributed by atoms with Crippen molar-refractivity contribution in [3.8, 4) is 17.1 Å². The van der Waals surface area contributed by atoms with Crippen LogP contribution in [0.25, 0.3) is 22.5 Å². The molecule has 0 aliphatic carbocycles. The molecule has 0 fully saturated rings. The number of hydrogen-bond donors (Lipinski definition) is 2. The minimum absolute atomic E-state index is 0.175. The van der Waals surface area contributed by atoms with Gasteiger partial charge in [-0.1, -0.05) is 0 Å². The van der Waals surface area contributed by atoms with E-state index in [1.165, 1.54) is 0 Å². The number of nitrogens with zero attached hydrogens (tertiary/aromatic N) is 3. The van der Waals surface area contributed by atoms with E-state index in [9.17, 15) is 4.79 Å². The summed E-state index contributed by atoms with van der Waals surface area (Å²) in [5, 5.41) is 9.72. The number of H-pyrrole nitrogens is 1. The van der Waals surface area contributed by atoms with E-state index < -0.39 is 0 Å². The van der Waals surface area contributed by atoms with Gasteiger partial charge in [0.2, 0.25) is 5.89 Å². The molecule has 3 heterocycles. The Balaban J connectivity index is 1.46. The SMILES string of the molecule is COc1ccc2oc(CNC(=O)c3cc(-c4cccn4C)n[nH]3)nc2c1. The highest BCUT2D eigenvalue weighted by molar-refractivity contribution is 5.93. The normalized spacial score (nSPS) is 11.0. The number of amides is 1. The Kier molecular flexibility index (Phi) is 3.92. The Morgan fingerprint density at radius 2 is 2.23 bits per heavy atom. The van der Waals surface area contributed by atoms with Crippen LogP contribution in [0.1, 0.15) is 16.4 Å². The highest BCUT2D eigenvalue weighted by Gasteiger charge is 2.14. The Morgan fingerprint density at radius 3 is 3.00 bits per heavy atom. The van der Waals surface area contributed by atoms with Crippen LogP contribution < -0.4 is 10.1 Å². The number of benzene rings is 1. The van der Waals surface area contributed by atoms with Gasteiger partial charge in [0.25, 0.3) is 5.91 Å². The van der Waals surface area contributed by atoms with E-state index in [-0.39, 0.29) is 12.5 Å². The molecule has 0 aliphatic rings. The first-order valence-corrected chi connectivity index (χ1v) is 8.03. The Hall–Kier alpha value is -3.55. The smallest absolute Gasteiger partial charge is 0.269 e. The number of carbonyl (C=O) groups excluding carboxylic acids is 1. The minimum atomic E-state index is -0.280. The van der Waals surface area contributed by atoms with Gasteiger partial charge >= 0.3 is 0 Å². The molecule has 0 bridgehead atoms. The molecule has 8 heteroatoms. The second-order valence-corrected chi connectivity index (χ2v) is 5.80. The first kappa shape index (κ1) is 15.9. The maximum Gasteiger partial charge on any atom is 0.269 e. The number of aromatic nitrogens is 4. The lowest BCUT2D eigenvalue weighted by Crippen LogP contribution is -2.23. The molecular formula is C18H17N5O3. The average Bonchev–Trinajstić information content (AvgIpc) is 3.37. The third kappa shape index (κ3) is 2.92. The van der Waals surface area contributed by atoms with Gasteiger partial charge in [-0.25, -0.2) is 4.98 Å². The molecule has 4 aromatic rings. The Morgan fingerprint density at radius 1 is 1.35 bits per heavy atom. The molecular weight excluding hydrogens is 334 g/mol. The molecule has 26 heavy (non-hydrogen) atoms. The van der Waals surface area contributed by atoms with E-state index in [1.54, 1.807) is 31.4 Å². The molecule has 1 amide bonds. The number of carbonyl (C=O) groups is 1. The number of aryl methyl sites for hydroxylation is 1. The number of fused-ring (bicyclic) bond motifs is 1. The van der Waals surface area contributed by atoms with Crippen LogP contribution in [0, 0.1) is 0 Å². The number of methoxy groups -OCH3 is 1. The lowest BCUT2D eigenvalue weighted by atomic mass is 10.3. The molecule has 132 valence electrons. The molecule has 3 aromatic heterocycles. The largest absolute Gasteiger partial charge is 0.497 e. The van der Waals surface area contributed by atoms with Gasteiger partial charge in [-0.3, -0.25) is 9.89 Å². The van der Waals surface area contributed by atoms with Crippen LogP contribution in [-0.4, -0.2) is 32.8 Å². The fraction of sp³-hybridized carbons (Fsp3) is 0.167. The fourth-order valence-corrected chi connectivity index (χ4v) is 2.71. The molecule has 0 atom stereocenters. The summed E-state index contributed by atoms with van der Waals surface area (Å²) in [7, 11) is 3.52.